The Morgan fingerprint density at radius 1 is 1.14 bits per heavy atom. The lowest BCUT2D eigenvalue weighted by atomic mass is 10.1. The minimum atomic E-state index is -0.442. The normalized spacial score (nSPS) is 11.1. The van der Waals surface area contributed by atoms with E-state index in [-0.39, 0.29) is 13.4 Å². The molecule has 1 heterocycles. The summed E-state index contributed by atoms with van der Waals surface area (Å²) >= 11 is 5.95. The molecule has 0 aliphatic heterocycles. The van der Waals surface area contributed by atoms with E-state index in [1.807, 2.05) is 18.2 Å². The van der Waals surface area contributed by atoms with Crippen molar-refractivity contribution in [1.29, 1.82) is 0 Å². The van der Waals surface area contributed by atoms with Gasteiger partial charge in [0.15, 0.2) is 18.1 Å². The quantitative estimate of drug-likeness (QED) is 0.270. The van der Waals surface area contributed by atoms with Crippen LogP contribution in [-0.4, -0.2) is 26.5 Å². The van der Waals surface area contributed by atoms with Gasteiger partial charge >= 0.3 is 5.97 Å². The smallest absolute Gasteiger partial charge is 0.330 e. The maximum atomic E-state index is 11.8. The molecule has 29 heavy (non-hydrogen) atoms. The van der Waals surface area contributed by atoms with Crippen LogP contribution in [0.2, 0.25) is 5.02 Å². The number of benzene rings is 2. The predicted octanol–water partition coefficient (Wildman–Crippen LogP) is 5.22. The zero-order valence-corrected chi connectivity index (χ0v) is 16.9. The zero-order chi connectivity index (χ0) is 20.6. The molecule has 0 bridgehead atoms. The molecule has 2 aromatic carbocycles. The van der Waals surface area contributed by atoms with Crippen LogP contribution < -0.4 is 9.47 Å². The van der Waals surface area contributed by atoms with Crippen LogP contribution >= 0.6 is 11.6 Å². The largest absolute Gasteiger partial charge is 0.484 e. The molecule has 0 spiro atoms. The highest BCUT2D eigenvalue weighted by Gasteiger charge is 2.18. The van der Waals surface area contributed by atoms with Crippen LogP contribution in [0.25, 0.3) is 17.0 Å². The third kappa shape index (κ3) is 5.31. The second kappa shape index (κ2) is 10.0. The van der Waals surface area contributed by atoms with Gasteiger partial charge in [-0.25, -0.2) is 4.79 Å². The molecular formula is C22H21ClO6. The van der Waals surface area contributed by atoms with Crippen molar-refractivity contribution in [2.75, 3.05) is 20.5 Å². The molecule has 0 unspecified atom stereocenters. The zero-order valence-electron chi connectivity index (χ0n) is 16.1. The summed E-state index contributed by atoms with van der Waals surface area (Å²) in [6.45, 7) is 2.33. The SMILES string of the molecule is CCOC(=O)/C=C/c1cc2ccoc2c(OCOC)c1OCc1ccc(Cl)cc1. The number of furan rings is 1. The summed E-state index contributed by atoms with van der Waals surface area (Å²) in [4.78, 5) is 11.8. The fourth-order valence-electron chi connectivity index (χ4n) is 2.69. The number of ether oxygens (including phenoxy) is 4. The van der Waals surface area contributed by atoms with Crippen LogP contribution in [0.4, 0.5) is 0 Å². The van der Waals surface area contributed by atoms with Gasteiger partial charge in [0, 0.05) is 29.2 Å². The highest BCUT2D eigenvalue weighted by molar-refractivity contribution is 6.30. The third-order valence-corrected chi connectivity index (χ3v) is 4.24. The van der Waals surface area contributed by atoms with Gasteiger partial charge in [0.25, 0.3) is 0 Å². The standard InChI is InChI=1S/C22H21ClO6/c1-3-26-19(24)9-6-16-12-17-10-11-27-20(17)22(29-14-25-2)21(16)28-13-15-4-7-18(23)8-5-15/h4-12H,3,13-14H2,1-2H3/b9-6+. The van der Waals surface area contributed by atoms with Crippen LogP contribution in [0.5, 0.6) is 11.5 Å². The fraction of sp³-hybridized carbons (Fsp3) is 0.227. The Balaban J connectivity index is 1.99. The number of carbonyl (C=O) groups is 1. The lowest BCUT2D eigenvalue weighted by molar-refractivity contribution is -0.137. The van der Waals surface area contributed by atoms with Gasteiger partial charge in [0.1, 0.15) is 6.61 Å². The van der Waals surface area contributed by atoms with E-state index in [0.717, 1.165) is 10.9 Å². The van der Waals surface area contributed by atoms with Gasteiger partial charge < -0.3 is 23.4 Å². The Labute approximate surface area is 173 Å². The lowest BCUT2D eigenvalue weighted by Crippen LogP contribution is -2.05. The van der Waals surface area contributed by atoms with E-state index < -0.39 is 5.97 Å². The first-order valence-corrected chi connectivity index (χ1v) is 9.38. The Hall–Kier alpha value is -2.96. The van der Waals surface area contributed by atoms with Crippen molar-refractivity contribution in [3.8, 4) is 11.5 Å². The summed E-state index contributed by atoms with van der Waals surface area (Å²) in [5.41, 5.74) is 2.10. The van der Waals surface area contributed by atoms with Gasteiger partial charge in [0.2, 0.25) is 5.75 Å². The number of rotatable bonds is 9. The average molecular weight is 417 g/mol. The minimum Gasteiger partial charge on any atom is -0.484 e. The number of methoxy groups -OCH3 is 1. The highest BCUT2D eigenvalue weighted by atomic mass is 35.5. The summed E-state index contributed by atoms with van der Waals surface area (Å²) in [5.74, 6) is 0.384. The first-order valence-electron chi connectivity index (χ1n) is 9.00. The second-order valence-electron chi connectivity index (χ2n) is 6.01. The molecule has 3 rings (SSSR count). The molecule has 7 heteroatoms. The topological polar surface area (TPSA) is 67.1 Å². The van der Waals surface area contributed by atoms with E-state index >= 15 is 0 Å². The Bertz CT molecular complexity index is 990. The molecule has 152 valence electrons. The lowest BCUT2D eigenvalue weighted by Gasteiger charge is -2.15. The maximum Gasteiger partial charge on any atom is 0.330 e. The molecule has 0 radical (unpaired) electrons. The summed E-state index contributed by atoms with van der Waals surface area (Å²) in [5, 5.41) is 1.45. The maximum absolute atomic E-state index is 11.8. The van der Waals surface area contributed by atoms with Crippen molar-refractivity contribution < 1.29 is 28.2 Å². The van der Waals surface area contributed by atoms with E-state index in [2.05, 4.69) is 0 Å². The average Bonchev–Trinajstić information content (AvgIpc) is 3.19. The summed E-state index contributed by atoms with van der Waals surface area (Å²) in [6, 6.07) is 11.0. The van der Waals surface area contributed by atoms with Gasteiger partial charge in [-0.15, -0.1) is 0 Å². The van der Waals surface area contributed by atoms with Crippen molar-refractivity contribution >= 4 is 34.6 Å². The van der Waals surface area contributed by atoms with E-state index in [0.29, 0.717) is 34.3 Å². The molecular weight excluding hydrogens is 396 g/mol. The molecule has 0 saturated heterocycles. The van der Waals surface area contributed by atoms with Gasteiger partial charge in [-0.1, -0.05) is 23.7 Å². The molecule has 1 aromatic heterocycles. The van der Waals surface area contributed by atoms with Crippen molar-refractivity contribution in [2.24, 2.45) is 0 Å². The summed E-state index contributed by atoms with van der Waals surface area (Å²) < 4.78 is 27.4. The molecule has 0 saturated carbocycles. The van der Waals surface area contributed by atoms with Crippen molar-refractivity contribution in [1.82, 2.24) is 0 Å². The number of halogens is 1. The predicted molar refractivity (Wildman–Crippen MR) is 110 cm³/mol. The summed E-state index contributed by atoms with van der Waals surface area (Å²) in [6.07, 6.45) is 4.54. The van der Waals surface area contributed by atoms with Crippen LogP contribution in [-0.2, 0) is 20.9 Å². The molecule has 0 aliphatic rings. The van der Waals surface area contributed by atoms with Gasteiger partial charge in [-0.05, 0) is 42.8 Å². The minimum absolute atomic E-state index is 0.0121. The molecule has 0 N–H and O–H groups in total. The van der Waals surface area contributed by atoms with Crippen LogP contribution in [0.3, 0.4) is 0 Å². The molecule has 0 fully saturated rings. The van der Waals surface area contributed by atoms with Crippen LogP contribution in [0.1, 0.15) is 18.1 Å². The van der Waals surface area contributed by atoms with Gasteiger partial charge in [0.05, 0.1) is 12.9 Å². The van der Waals surface area contributed by atoms with Crippen molar-refractivity contribution in [3.63, 3.8) is 0 Å². The van der Waals surface area contributed by atoms with Crippen LogP contribution in [0, 0.1) is 0 Å². The third-order valence-electron chi connectivity index (χ3n) is 3.98. The number of hydrogen-bond acceptors (Lipinski definition) is 6. The molecule has 3 aromatic rings. The van der Waals surface area contributed by atoms with Gasteiger partial charge in [-0.3, -0.25) is 0 Å². The van der Waals surface area contributed by atoms with Gasteiger partial charge in [-0.2, -0.15) is 0 Å². The number of carbonyl (C=O) groups excluding carboxylic acids is 1. The number of hydrogen-bond donors (Lipinski definition) is 0. The van der Waals surface area contributed by atoms with Crippen molar-refractivity contribution in [3.05, 3.63) is 64.9 Å². The highest BCUT2D eigenvalue weighted by Crippen LogP contribution is 2.41. The Morgan fingerprint density at radius 3 is 2.66 bits per heavy atom. The number of fused-ring (bicyclic) bond motifs is 1. The molecule has 0 atom stereocenters. The second-order valence-corrected chi connectivity index (χ2v) is 6.45. The Morgan fingerprint density at radius 2 is 1.93 bits per heavy atom. The van der Waals surface area contributed by atoms with Crippen molar-refractivity contribution in [2.45, 2.75) is 13.5 Å². The first-order chi connectivity index (χ1) is 14.1. The fourth-order valence-corrected chi connectivity index (χ4v) is 2.82. The molecule has 0 amide bonds. The van der Waals surface area contributed by atoms with E-state index in [1.54, 1.807) is 37.5 Å². The Kier molecular flexibility index (Phi) is 7.16. The first kappa shape index (κ1) is 20.8. The monoisotopic (exact) mass is 416 g/mol. The van der Waals surface area contributed by atoms with E-state index in [4.69, 9.17) is 35.0 Å². The summed E-state index contributed by atoms with van der Waals surface area (Å²) in [7, 11) is 1.53. The van der Waals surface area contributed by atoms with E-state index in [1.165, 1.54) is 13.2 Å². The van der Waals surface area contributed by atoms with Crippen LogP contribution in [0.15, 0.2) is 53.2 Å². The molecule has 6 nitrogen and oxygen atoms in total. The van der Waals surface area contributed by atoms with E-state index in [9.17, 15) is 4.79 Å². The number of esters is 1. The molecule has 0 aliphatic carbocycles.